The zero-order valence-electron chi connectivity index (χ0n) is 8.10. The second kappa shape index (κ2) is 6.33. The summed E-state index contributed by atoms with van der Waals surface area (Å²) < 4.78 is 8.52. The van der Waals surface area contributed by atoms with Crippen molar-refractivity contribution < 1.29 is 29.3 Å². The number of hydrogen-bond acceptors (Lipinski definition) is 6. The highest BCUT2D eigenvalue weighted by atomic mass is 16.5. The van der Waals surface area contributed by atoms with E-state index in [0.717, 1.165) is 7.11 Å². The Balaban J connectivity index is 3.89. The number of aliphatic hydroxyl groups is 2. The molecule has 0 aromatic rings. The first-order valence-electron chi connectivity index (χ1n) is 4.03. The highest BCUT2D eigenvalue weighted by Gasteiger charge is 2.25. The summed E-state index contributed by atoms with van der Waals surface area (Å²) in [5.41, 5.74) is 0. The maximum Gasteiger partial charge on any atom is 0.337 e. The van der Waals surface area contributed by atoms with E-state index in [-0.39, 0.29) is 12.8 Å². The molecule has 0 rings (SSSR count). The number of carbonyl (C=O) groups excluding carboxylic acids is 2. The van der Waals surface area contributed by atoms with E-state index in [9.17, 15) is 14.7 Å². The van der Waals surface area contributed by atoms with Crippen molar-refractivity contribution in [2.24, 2.45) is 0 Å². The summed E-state index contributed by atoms with van der Waals surface area (Å²) in [5, 5.41) is 18.3. The molecule has 0 heterocycles. The van der Waals surface area contributed by atoms with Crippen LogP contribution in [-0.4, -0.2) is 48.6 Å². The van der Waals surface area contributed by atoms with E-state index in [0.29, 0.717) is 0 Å². The molecule has 2 atom stereocenters. The maximum atomic E-state index is 10.7. The lowest BCUT2D eigenvalue weighted by Gasteiger charge is -2.14. The smallest absolute Gasteiger partial charge is 0.337 e. The molecule has 0 aromatic carbocycles. The summed E-state index contributed by atoms with van der Waals surface area (Å²) in [6.45, 7) is 0. The van der Waals surface area contributed by atoms with Gasteiger partial charge in [0.2, 0.25) is 0 Å². The first kappa shape index (κ1) is 12.9. The van der Waals surface area contributed by atoms with Gasteiger partial charge >= 0.3 is 11.9 Å². The molecule has 0 fully saturated rings. The van der Waals surface area contributed by atoms with Gasteiger partial charge in [0.1, 0.15) is 0 Å². The fourth-order valence-corrected chi connectivity index (χ4v) is 0.803. The highest BCUT2D eigenvalue weighted by Crippen LogP contribution is 2.04. The zero-order chi connectivity index (χ0) is 11.1. The second-order valence-corrected chi connectivity index (χ2v) is 2.65. The third kappa shape index (κ3) is 4.20. The third-order valence-electron chi connectivity index (χ3n) is 1.68. The van der Waals surface area contributed by atoms with Gasteiger partial charge in [-0.3, -0.25) is 4.79 Å². The number of hydrogen-bond donors (Lipinski definition) is 2. The maximum absolute atomic E-state index is 10.7. The van der Waals surface area contributed by atoms with E-state index in [1.807, 2.05) is 0 Å². The van der Waals surface area contributed by atoms with Gasteiger partial charge in [0.15, 0.2) is 6.10 Å². The quantitative estimate of drug-likeness (QED) is 0.551. The van der Waals surface area contributed by atoms with E-state index in [4.69, 9.17) is 5.11 Å². The number of methoxy groups -OCH3 is 2. The van der Waals surface area contributed by atoms with Crippen molar-refractivity contribution in [3.05, 3.63) is 0 Å². The first-order valence-corrected chi connectivity index (χ1v) is 4.03. The van der Waals surface area contributed by atoms with Gasteiger partial charge in [0.05, 0.1) is 20.3 Å². The van der Waals surface area contributed by atoms with E-state index in [1.54, 1.807) is 0 Å². The van der Waals surface area contributed by atoms with Crippen molar-refractivity contribution in [1.29, 1.82) is 0 Å². The Kier molecular flexibility index (Phi) is 5.82. The molecular formula is C8H14O6. The van der Waals surface area contributed by atoms with E-state index < -0.39 is 24.1 Å². The number of esters is 2. The Bertz CT molecular complexity index is 202. The molecule has 14 heavy (non-hydrogen) atoms. The van der Waals surface area contributed by atoms with Crippen molar-refractivity contribution in [2.45, 2.75) is 25.0 Å². The SMILES string of the molecule is COC(=O)CC[C@@H](O)[C@H](O)C(=O)OC. The monoisotopic (exact) mass is 206 g/mol. The summed E-state index contributed by atoms with van der Waals surface area (Å²) in [4.78, 5) is 21.4. The van der Waals surface area contributed by atoms with Gasteiger partial charge in [0.25, 0.3) is 0 Å². The van der Waals surface area contributed by atoms with Crippen LogP contribution in [0.4, 0.5) is 0 Å². The lowest BCUT2D eigenvalue weighted by molar-refractivity contribution is -0.157. The van der Waals surface area contributed by atoms with Crippen molar-refractivity contribution in [2.75, 3.05) is 14.2 Å². The van der Waals surface area contributed by atoms with Crippen LogP contribution in [0.5, 0.6) is 0 Å². The largest absolute Gasteiger partial charge is 0.469 e. The molecule has 6 nitrogen and oxygen atoms in total. The molecule has 0 radical (unpaired) electrons. The molecule has 0 aliphatic heterocycles. The molecule has 2 N–H and O–H groups in total. The van der Waals surface area contributed by atoms with Gasteiger partial charge in [-0.25, -0.2) is 4.79 Å². The van der Waals surface area contributed by atoms with Crippen LogP contribution in [-0.2, 0) is 19.1 Å². The second-order valence-electron chi connectivity index (χ2n) is 2.65. The molecular weight excluding hydrogens is 192 g/mol. The molecule has 0 unspecified atom stereocenters. The molecule has 0 saturated carbocycles. The number of carbonyl (C=O) groups is 2. The van der Waals surface area contributed by atoms with Gasteiger partial charge in [-0.2, -0.15) is 0 Å². The van der Waals surface area contributed by atoms with Gasteiger partial charge in [-0.15, -0.1) is 0 Å². The fraction of sp³-hybridized carbons (Fsp3) is 0.750. The lowest BCUT2D eigenvalue weighted by atomic mass is 10.1. The summed E-state index contributed by atoms with van der Waals surface area (Å²) in [7, 11) is 2.31. The van der Waals surface area contributed by atoms with Crippen molar-refractivity contribution >= 4 is 11.9 Å². The van der Waals surface area contributed by atoms with Crippen LogP contribution in [0.25, 0.3) is 0 Å². The molecule has 0 amide bonds. The molecule has 6 heteroatoms. The van der Waals surface area contributed by atoms with E-state index in [2.05, 4.69) is 9.47 Å². The van der Waals surface area contributed by atoms with Crippen LogP contribution < -0.4 is 0 Å². The normalized spacial score (nSPS) is 14.3. The van der Waals surface area contributed by atoms with Crippen LogP contribution in [0.2, 0.25) is 0 Å². The molecule has 82 valence electrons. The van der Waals surface area contributed by atoms with E-state index in [1.165, 1.54) is 7.11 Å². The number of aliphatic hydroxyl groups excluding tert-OH is 2. The molecule has 0 aliphatic rings. The average molecular weight is 206 g/mol. The minimum Gasteiger partial charge on any atom is -0.469 e. The van der Waals surface area contributed by atoms with Gasteiger partial charge in [-0.05, 0) is 6.42 Å². The molecule has 0 saturated heterocycles. The average Bonchev–Trinajstić information content (AvgIpc) is 2.22. The van der Waals surface area contributed by atoms with Gasteiger partial charge in [0, 0.05) is 6.42 Å². The van der Waals surface area contributed by atoms with Crippen LogP contribution in [0.15, 0.2) is 0 Å². The fourth-order valence-electron chi connectivity index (χ4n) is 0.803. The summed E-state index contributed by atoms with van der Waals surface area (Å²) in [6.07, 6.45) is -3.06. The summed E-state index contributed by atoms with van der Waals surface area (Å²) >= 11 is 0. The summed E-state index contributed by atoms with van der Waals surface area (Å²) in [6, 6.07) is 0. The number of ether oxygens (including phenoxy) is 2. The zero-order valence-corrected chi connectivity index (χ0v) is 8.10. The molecule has 0 bridgehead atoms. The van der Waals surface area contributed by atoms with Crippen molar-refractivity contribution in [1.82, 2.24) is 0 Å². The first-order chi connectivity index (χ1) is 6.52. The standard InChI is InChI=1S/C8H14O6/c1-13-6(10)4-3-5(9)7(11)8(12)14-2/h5,7,9,11H,3-4H2,1-2H3/t5-,7+/m1/s1. The Morgan fingerprint density at radius 2 is 1.79 bits per heavy atom. The Morgan fingerprint density at radius 3 is 2.21 bits per heavy atom. The Hall–Kier alpha value is -1.14. The predicted molar refractivity (Wildman–Crippen MR) is 45.3 cm³/mol. The van der Waals surface area contributed by atoms with Crippen LogP contribution in [0.1, 0.15) is 12.8 Å². The van der Waals surface area contributed by atoms with Crippen molar-refractivity contribution in [3.8, 4) is 0 Å². The topological polar surface area (TPSA) is 93.1 Å². The minimum atomic E-state index is -1.62. The Morgan fingerprint density at radius 1 is 1.21 bits per heavy atom. The molecule has 0 aromatic heterocycles. The van der Waals surface area contributed by atoms with Gasteiger partial charge in [-0.1, -0.05) is 0 Å². The van der Waals surface area contributed by atoms with Crippen LogP contribution in [0.3, 0.4) is 0 Å². The van der Waals surface area contributed by atoms with Gasteiger partial charge < -0.3 is 19.7 Å². The predicted octanol–water partition coefficient (Wildman–Crippen LogP) is -1.17. The highest BCUT2D eigenvalue weighted by molar-refractivity contribution is 5.75. The lowest BCUT2D eigenvalue weighted by Crippen LogP contribution is -2.35. The van der Waals surface area contributed by atoms with E-state index >= 15 is 0 Å². The molecule has 0 aliphatic carbocycles. The molecule has 0 spiro atoms. The Labute approximate surface area is 81.4 Å². The number of rotatable bonds is 5. The van der Waals surface area contributed by atoms with Crippen LogP contribution in [0, 0.1) is 0 Å². The van der Waals surface area contributed by atoms with Crippen LogP contribution >= 0.6 is 0 Å². The van der Waals surface area contributed by atoms with Crippen molar-refractivity contribution in [3.63, 3.8) is 0 Å². The minimum absolute atomic E-state index is 0.0526. The summed E-state index contributed by atoms with van der Waals surface area (Å²) in [5.74, 6) is -1.44. The third-order valence-corrected chi connectivity index (χ3v) is 1.68.